The summed E-state index contributed by atoms with van der Waals surface area (Å²) in [5, 5.41) is 12.0. The van der Waals surface area contributed by atoms with E-state index in [1.165, 1.54) is 7.11 Å². The Bertz CT molecular complexity index is 1100. The number of benzene rings is 2. The van der Waals surface area contributed by atoms with Gasteiger partial charge in [0.05, 0.1) is 12.0 Å². The Morgan fingerprint density at radius 2 is 1.69 bits per heavy atom. The van der Waals surface area contributed by atoms with Crippen LogP contribution in [0.4, 0.5) is 4.79 Å². The van der Waals surface area contributed by atoms with E-state index in [9.17, 15) is 19.5 Å². The number of carboxylic acids is 1. The van der Waals surface area contributed by atoms with Gasteiger partial charge in [-0.1, -0.05) is 48.5 Å². The highest BCUT2D eigenvalue weighted by Gasteiger charge is 2.57. The molecule has 3 aliphatic rings. The summed E-state index contributed by atoms with van der Waals surface area (Å²) >= 11 is 0. The third-order valence-electron chi connectivity index (χ3n) is 7.82. The Morgan fingerprint density at radius 1 is 1.06 bits per heavy atom. The van der Waals surface area contributed by atoms with Crippen molar-refractivity contribution >= 4 is 18.0 Å². The zero-order chi connectivity index (χ0) is 24.7. The predicted octanol–water partition coefficient (Wildman–Crippen LogP) is 3.11. The molecule has 2 amide bonds. The molecule has 0 aromatic heterocycles. The molecule has 1 saturated carbocycles. The quantitative estimate of drug-likeness (QED) is 0.634. The fourth-order valence-corrected chi connectivity index (χ4v) is 5.78. The van der Waals surface area contributed by atoms with Crippen LogP contribution in [0.3, 0.4) is 0 Å². The average Bonchev–Trinajstić information content (AvgIpc) is 3.52. The number of piperidine rings is 1. The molecular weight excluding hydrogens is 448 g/mol. The largest absolute Gasteiger partial charge is 0.481 e. The summed E-state index contributed by atoms with van der Waals surface area (Å²) < 4.78 is 11.0. The van der Waals surface area contributed by atoms with Gasteiger partial charge in [0.25, 0.3) is 0 Å². The van der Waals surface area contributed by atoms with Gasteiger partial charge in [0.2, 0.25) is 5.91 Å². The maximum absolute atomic E-state index is 13.3. The van der Waals surface area contributed by atoms with E-state index in [4.69, 9.17) is 9.47 Å². The van der Waals surface area contributed by atoms with Gasteiger partial charge in [-0.3, -0.25) is 9.59 Å². The molecule has 2 aliphatic carbocycles. The number of alkyl carbamates (subject to hydrolysis) is 1. The Hall–Kier alpha value is -3.39. The van der Waals surface area contributed by atoms with E-state index >= 15 is 0 Å². The topological polar surface area (TPSA) is 105 Å². The number of aliphatic carboxylic acids is 1. The second kappa shape index (κ2) is 9.34. The Kier molecular flexibility index (Phi) is 6.23. The molecule has 2 aromatic carbocycles. The summed E-state index contributed by atoms with van der Waals surface area (Å²) in [5.41, 5.74) is 4.50. The van der Waals surface area contributed by atoms with Gasteiger partial charge >= 0.3 is 12.1 Å². The highest BCUT2D eigenvalue weighted by atomic mass is 16.5. The lowest BCUT2D eigenvalue weighted by molar-refractivity contribution is -0.140. The smallest absolute Gasteiger partial charge is 0.407 e. The number of methoxy groups -OCH3 is 1. The van der Waals surface area contributed by atoms with Gasteiger partial charge in [0, 0.05) is 26.1 Å². The number of nitrogens with zero attached hydrogens (tertiary/aromatic N) is 1. The number of nitrogens with one attached hydrogen (secondary N) is 1. The SMILES string of the molecule is CO[C@H](C)[C@H](NC(=O)OCC1c2ccccc2-c2ccccc21)C(=O)N1CC[C@H]2C(C(=O)O)[C@H]2C1. The molecule has 2 aromatic rings. The van der Waals surface area contributed by atoms with Crippen molar-refractivity contribution in [1.82, 2.24) is 10.2 Å². The van der Waals surface area contributed by atoms with Gasteiger partial charge in [-0.05, 0) is 47.4 Å². The van der Waals surface area contributed by atoms with Crippen molar-refractivity contribution in [3.05, 3.63) is 59.7 Å². The number of rotatable bonds is 7. The summed E-state index contributed by atoms with van der Waals surface area (Å²) in [6.07, 6.45) is -0.596. The van der Waals surface area contributed by atoms with Crippen LogP contribution < -0.4 is 5.32 Å². The minimum Gasteiger partial charge on any atom is -0.481 e. The van der Waals surface area contributed by atoms with Crippen molar-refractivity contribution in [3.8, 4) is 11.1 Å². The molecule has 5 rings (SSSR count). The van der Waals surface area contributed by atoms with Gasteiger partial charge in [-0.15, -0.1) is 0 Å². The number of amides is 2. The second-order valence-corrected chi connectivity index (χ2v) is 9.65. The van der Waals surface area contributed by atoms with E-state index < -0.39 is 24.2 Å². The minimum absolute atomic E-state index is 0.0156. The van der Waals surface area contributed by atoms with E-state index in [-0.39, 0.29) is 36.2 Å². The standard InChI is InChI=1S/C27H30N2O6/c1-15(34-2)24(25(30)29-12-11-20-21(13-29)23(20)26(31)32)28-27(33)35-14-22-18-9-5-3-7-16(18)17-8-4-6-10-19(17)22/h3-10,15,20-24H,11-14H2,1-2H3,(H,28,33)(H,31,32)/t15-,20-,21+,23?,24+/m1/s1. The van der Waals surface area contributed by atoms with E-state index in [2.05, 4.69) is 17.4 Å². The molecule has 2 fully saturated rings. The zero-order valence-corrected chi connectivity index (χ0v) is 19.8. The van der Waals surface area contributed by atoms with Crippen molar-refractivity contribution < 1.29 is 29.0 Å². The van der Waals surface area contributed by atoms with Crippen molar-refractivity contribution in [1.29, 1.82) is 0 Å². The van der Waals surface area contributed by atoms with Crippen LogP contribution in [0.15, 0.2) is 48.5 Å². The molecule has 1 saturated heterocycles. The van der Waals surface area contributed by atoms with Gasteiger partial charge in [0.1, 0.15) is 12.6 Å². The number of ether oxygens (including phenoxy) is 2. The first-order valence-electron chi connectivity index (χ1n) is 12.1. The Labute approximate surface area is 204 Å². The van der Waals surface area contributed by atoms with Crippen LogP contribution in [-0.2, 0) is 19.1 Å². The number of carbonyl (C=O) groups excluding carboxylic acids is 2. The third-order valence-corrected chi connectivity index (χ3v) is 7.82. The minimum atomic E-state index is -0.922. The van der Waals surface area contributed by atoms with Crippen LogP contribution >= 0.6 is 0 Å². The maximum Gasteiger partial charge on any atom is 0.407 e. The zero-order valence-electron chi connectivity index (χ0n) is 19.8. The molecule has 0 spiro atoms. The molecular formula is C27H30N2O6. The van der Waals surface area contributed by atoms with Crippen LogP contribution in [0, 0.1) is 17.8 Å². The van der Waals surface area contributed by atoms with Crippen LogP contribution in [0.25, 0.3) is 11.1 Å². The van der Waals surface area contributed by atoms with Crippen LogP contribution in [0.1, 0.15) is 30.4 Å². The van der Waals surface area contributed by atoms with Crippen molar-refractivity contribution in [2.75, 3.05) is 26.8 Å². The summed E-state index contributed by atoms with van der Waals surface area (Å²) in [5.74, 6) is -1.40. The number of hydrogen-bond acceptors (Lipinski definition) is 5. The lowest BCUT2D eigenvalue weighted by Gasteiger charge is -2.32. The summed E-state index contributed by atoms with van der Waals surface area (Å²) in [6, 6.07) is 15.3. The first-order valence-corrected chi connectivity index (χ1v) is 12.1. The van der Waals surface area contributed by atoms with Crippen molar-refractivity contribution in [2.24, 2.45) is 17.8 Å². The van der Waals surface area contributed by atoms with Crippen molar-refractivity contribution in [2.45, 2.75) is 31.4 Å². The maximum atomic E-state index is 13.3. The van der Waals surface area contributed by atoms with Crippen LogP contribution in [-0.4, -0.2) is 66.9 Å². The molecule has 35 heavy (non-hydrogen) atoms. The van der Waals surface area contributed by atoms with Gasteiger partial charge < -0.3 is 24.8 Å². The number of hydrogen-bond donors (Lipinski definition) is 2. The molecule has 1 heterocycles. The van der Waals surface area contributed by atoms with E-state index in [1.807, 2.05) is 36.4 Å². The lowest BCUT2D eigenvalue weighted by Crippen LogP contribution is -2.55. The van der Waals surface area contributed by atoms with E-state index in [1.54, 1.807) is 11.8 Å². The normalized spacial score (nSPS) is 23.9. The second-order valence-electron chi connectivity index (χ2n) is 9.65. The molecule has 8 nitrogen and oxygen atoms in total. The molecule has 1 unspecified atom stereocenters. The average molecular weight is 479 g/mol. The highest BCUT2D eigenvalue weighted by Crippen LogP contribution is 2.51. The van der Waals surface area contributed by atoms with E-state index in [0.29, 0.717) is 19.5 Å². The number of fused-ring (bicyclic) bond motifs is 4. The highest BCUT2D eigenvalue weighted by molar-refractivity contribution is 5.87. The van der Waals surface area contributed by atoms with Gasteiger partial charge in [-0.2, -0.15) is 0 Å². The van der Waals surface area contributed by atoms with Gasteiger partial charge in [0.15, 0.2) is 0 Å². The molecule has 184 valence electrons. The fourth-order valence-electron chi connectivity index (χ4n) is 5.78. The fraction of sp³-hybridized carbons (Fsp3) is 0.444. The molecule has 5 atom stereocenters. The monoisotopic (exact) mass is 478 g/mol. The molecule has 0 bridgehead atoms. The third kappa shape index (κ3) is 4.27. The molecule has 2 N–H and O–H groups in total. The van der Waals surface area contributed by atoms with Gasteiger partial charge in [-0.25, -0.2) is 4.79 Å². The number of likely N-dealkylation sites (tertiary alicyclic amines) is 1. The summed E-state index contributed by atoms with van der Waals surface area (Å²) in [4.78, 5) is 39.1. The number of carboxylic acid groups (broad SMARTS) is 1. The summed E-state index contributed by atoms with van der Waals surface area (Å²) in [7, 11) is 1.48. The van der Waals surface area contributed by atoms with Crippen LogP contribution in [0.2, 0.25) is 0 Å². The molecule has 8 heteroatoms. The first kappa shape index (κ1) is 23.4. The predicted molar refractivity (Wildman–Crippen MR) is 128 cm³/mol. The van der Waals surface area contributed by atoms with Crippen molar-refractivity contribution in [3.63, 3.8) is 0 Å². The van der Waals surface area contributed by atoms with E-state index in [0.717, 1.165) is 22.3 Å². The lowest BCUT2D eigenvalue weighted by atomic mass is 9.98. The molecule has 1 aliphatic heterocycles. The Balaban J connectivity index is 1.24. The summed E-state index contributed by atoms with van der Waals surface area (Å²) in [6.45, 7) is 2.73. The first-order chi connectivity index (χ1) is 16.9. The number of carbonyl (C=O) groups is 3. The Morgan fingerprint density at radius 3 is 2.29 bits per heavy atom. The molecule has 0 radical (unpaired) electrons. The van der Waals surface area contributed by atoms with Crippen LogP contribution in [0.5, 0.6) is 0 Å².